The molecule has 0 saturated carbocycles. The molecule has 0 aliphatic carbocycles. The van der Waals surface area contributed by atoms with Gasteiger partial charge in [-0.3, -0.25) is 0 Å². The van der Waals surface area contributed by atoms with Crippen LogP contribution in [0, 0.1) is 0 Å². The molecule has 0 fully saturated rings. The van der Waals surface area contributed by atoms with Gasteiger partial charge in [-0.1, -0.05) is 79.9 Å². The van der Waals surface area contributed by atoms with E-state index in [1.807, 2.05) is 72.8 Å². The summed E-state index contributed by atoms with van der Waals surface area (Å²) in [4.78, 5) is 13.3. The molecule has 0 radical (unpaired) electrons. The summed E-state index contributed by atoms with van der Waals surface area (Å²) in [7, 11) is 0. The van der Waals surface area contributed by atoms with Crippen molar-refractivity contribution in [2.24, 2.45) is 0 Å². The first-order chi connectivity index (χ1) is 15.7. The van der Waals surface area contributed by atoms with E-state index in [2.05, 4.69) is 28.1 Å². The highest BCUT2D eigenvalue weighted by Crippen LogP contribution is 2.32. The number of furan rings is 1. The van der Waals surface area contributed by atoms with Crippen LogP contribution in [0.25, 0.3) is 50.3 Å². The number of rotatable bonds is 5. The van der Waals surface area contributed by atoms with Crippen molar-refractivity contribution in [1.29, 1.82) is 0 Å². The molecule has 0 aliphatic heterocycles. The van der Waals surface area contributed by atoms with Gasteiger partial charge in [0.25, 0.3) is 0 Å². The molecule has 0 bridgehead atoms. The van der Waals surface area contributed by atoms with Crippen molar-refractivity contribution in [2.75, 3.05) is 0 Å². The lowest BCUT2D eigenvalue weighted by Crippen LogP contribution is -1.97. The van der Waals surface area contributed by atoms with Crippen LogP contribution < -0.4 is 0 Å². The minimum absolute atomic E-state index is 0.136. The van der Waals surface area contributed by atoms with Crippen molar-refractivity contribution in [3.63, 3.8) is 0 Å². The van der Waals surface area contributed by atoms with Gasteiger partial charge < -0.3 is 4.42 Å². The number of allylic oxidation sites excluding steroid dienone is 4. The summed E-state index contributed by atoms with van der Waals surface area (Å²) in [6, 6.07) is 21.8. The van der Waals surface area contributed by atoms with Crippen molar-refractivity contribution >= 4 is 39.1 Å². The van der Waals surface area contributed by atoms with E-state index in [1.54, 1.807) is 12.2 Å². The van der Waals surface area contributed by atoms with E-state index < -0.39 is 0 Å². The Morgan fingerprint density at radius 1 is 0.781 bits per heavy atom. The zero-order valence-electron chi connectivity index (χ0n) is 17.1. The van der Waals surface area contributed by atoms with Crippen molar-refractivity contribution < 1.29 is 4.42 Å². The minimum Gasteiger partial charge on any atom is -0.456 e. The lowest BCUT2D eigenvalue weighted by molar-refractivity contribution is 0.669. The molecule has 2 aromatic heterocycles. The lowest BCUT2D eigenvalue weighted by atomic mass is 10.0. The molecule has 2 heterocycles. The topological polar surface area (TPSA) is 51.8 Å². The Hall–Kier alpha value is -4.02. The summed E-state index contributed by atoms with van der Waals surface area (Å²) in [5.74, 6) is 0.994. The molecule has 5 aromatic rings. The largest absolute Gasteiger partial charge is 0.456 e. The standard InChI is InChI=1S/C27H18ClN3O/c1-3-7-17(4-2)18-10-12-19(13-11-18)25-29-26(31-27(28)30-25)20-14-15-22-21-8-5-6-9-23(21)32-24(22)16-20/h3-16H,1-2H2/b17-7+. The Kier molecular flexibility index (Phi) is 5.13. The number of halogens is 1. The first-order valence-electron chi connectivity index (χ1n) is 10.1. The molecule has 0 aliphatic rings. The maximum atomic E-state index is 6.26. The highest BCUT2D eigenvalue weighted by Gasteiger charge is 2.13. The second-order valence-corrected chi connectivity index (χ2v) is 7.54. The molecule has 0 amide bonds. The van der Waals surface area contributed by atoms with Gasteiger partial charge >= 0.3 is 0 Å². The second kappa shape index (κ2) is 8.25. The van der Waals surface area contributed by atoms with E-state index >= 15 is 0 Å². The van der Waals surface area contributed by atoms with Crippen LogP contribution in [0.3, 0.4) is 0 Å². The molecule has 32 heavy (non-hydrogen) atoms. The van der Waals surface area contributed by atoms with Gasteiger partial charge in [0.1, 0.15) is 11.2 Å². The maximum Gasteiger partial charge on any atom is 0.226 e. The van der Waals surface area contributed by atoms with E-state index in [1.165, 1.54) is 0 Å². The van der Waals surface area contributed by atoms with E-state index in [4.69, 9.17) is 16.0 Å². The van der Waals surface area contributed by atoms with Crippen molar-refractivity contribution in [3.8, 4) is 22.8 Å². The fourth-order valence-electron chi connectivity index (χ4n) is 3.69. The van der Waals surface area contributed by atoms with Crippen LogP contribution in [0.2, 0.25) is 5.28 Å². The van der Waals surface area contributed by atoms with Crippen LogP contribution in [0.5, 0.6) is 0 Å². The smallest absolute Gasteiger partial charge is 0.226 e. The van der Waals surface area contributed by atoms with Gasteiger partial charge in [-0.2, -0.15) is 9.97 Å². The molecule has 154 valence electrons. The molecule has 0 atom stereocenters. The minimum atomic E-state index is 0.136. The van der Waals surface area contributed by atoms with Crippen LogP contribution in [-0.2, 0) is 0 Å². The summed E-state index contributed by atoms with van der Waals surface area (Å²) in [5, 5.41) is 2.26. The first-order valence-corrected chi connectivity index (χ1v) is 10.4. The molecule has 0 N–H and O–H groups in total. The van der Waals surface area contributed by atoms with E-state index in [0.29, 0.717) is 11.6 Å². The number of nitrogens with zero attached hydrogens (tertiary/aromatic N) is 3. The Morgan fingerprint density at radius 3 is 2.22 bits per heavy atom. The number of benzene rings is 3. The molecule has 0 unspecified atom stereocenters. The number of fused-ring (bicyclic) bond motifs is 3. The molecule has 0 spiro atoms. The average Bonchev–Trinajstić information content (AvgIpc) is 3.20. The first kappa shape index (κ1) is 19.9. The van der Waals surface area contributed by atoms with Crippen molar-refractivity contribution in [3.05, 3.63) is 109 Å². The zero-order chi connectivity index (χ0) is 22.1. The predicted octanol–water partition coefficient (Wildman–Crippen LogP) is 7.51. The van der Waals surface area contributed by atoms with Crippen LogP contribution in [0.4, 0.5) is 0 Å². The van der Waals surface area contributed by atoms with E-state index in [9.17, 15) is 0 Å². The molecular weight excluding hydrogens is 418 g/mol. The van der Waals surface area contributed by atoms with Gasteiger partial charge in [0.2, 0.25) is 5.28 Å². The average molecular weight is 436 g/mol. The van der Waals surface area contributed by atoms with Crippen LogP contribution in [0.1, 0.15) is 5.56 Å². The van der Waals surface area contributed by atoms with Gasteiger partial charge in [0, 0.05) is 21.9 Å². The van der Waals surface area contributed by atoms with Crippen molar-refractivity contribution in [2.45, 2.75) is 0 Å². The number of aromatic nitrogens is 3. The zero-order valence-corrected chi connectivity index (χ0v) is 17.9. The highest BCUT2D eigenvalue weighted by atomic mass is 35.5. The Morgan fingerprint density at radius 2 is 1.47 bits per heavy atom. The van der Waals surface area contributed by atoms with Gasteiger partial charge in [0.15, 0.2) is 11.6 Å². The summed E-state index contributed by atoms with van der Waals surface area (Å²) in [6.45, 7) is 7.60. The third-order valence-corrected chi connectivity index (χ3v) is 5.41. The van der Waals surface area contributed by atoms with E-state index in [-0.39, 0.29) is 5.28 Å². The van der Waals surface area contributed by atoms with Gasteiger partial charge in [-0.05, 0) is 40.9 Å². The summed E-state index contributed by atoms with van der Waals surface area (Å²) < 4.78 is 6.00. The fourth-order valence-corrected chi connectivity index (χ4v) is 3.85. The molecule has 0 saturated heterocycles. The van der Waals surface area contributed by atoms with Gasteiger partial charge in [0.05, 0.1) is 0 Å². The Bertz CT molecular complexity index is 1510. The van der Waals surface area contributed by atoms with Gasteiger partial charge in [-0.15, -0.1) is 0 Å². The summed E-state index contributed by atoms with van der Waals surface area (Å²) in [6.07, 6.45) is 5.44. The number of hydrogen-bond acceptors (Lipinski definition) is 4. The quantitative estimate of drug-likeness (QED) is 0.268. The molecular formula is C27H18ClN3O. The third-order valence-electron chi connectivity index (χ3n) is 5.24. The van der Waals surface area contributed by atoms with Crippen LogP contribution in [-0.4, -0.2) is 15.0 Å². The summed E-state index contributed by atoms with van der Waals surface area (Å²) in [5.41, 5.74) is 5.28. The number of para-hydroxylation sites is 1. The van der Waals surface area contributed by atoms with Crippen LogP contribution >= 0.6 is 11.6 Å². The number of hydrogen-bond donors (Lipinski definition) is 0. The third kappa shape index (κ3) is 3.61. The predicted molar refractivity (Wildman–Crippen MR) is 131 cm³/mol. The highest BCUT2D eigenvalue weighted by molar-refractivity contribution is 6.28. The molecule has 4 nitrogen and oxygen atoms in total. The fraction of sp³-hybridized carbons (Fsp3) is 0. The Labute approximate surface area is 190 Å². The lowest BCUT2D eigenvalue weighted by Gasteiger charge is -2.07. The SMILES string of the molecule is C=C/C=C(\C=C)c1ccc(-c2nc(Cl)nc(-c3ccc4c(c3)oc3ccccc34)n2)cc1. The Balaban J connectivity index is 1.55. The molecule has 5 heteroatoms. The normalized spacial score (nSPS) is 11.7. The van der Waals surface area contributed by atoms with Gasteiger partial charge in [-0.25, -0.2) is 4.98 Å². The maximum absolute atomic E-state index is 6.26. The summed E-state index contributed by atoms with van der Waals surface area (Å²) >= 11 is 6.26. The van der Waals surface area contributed by atoms with E-state index in [0.717, 1.165) is 44.2 Å². The van der Waals surface area contributed by atoms with Crippen molar-refractivity contribution in [1.82, 2.24) is 15.0 Å². The second-order valence-electron chi connectivity index (χ2n) is 7.20. The molecule has 5 rings (SSSR count). The monoisotopic (exact) mass is 435 g/mol. The molecule has 3 aromatic carbocycles. The van der Waals surface area contributed by atoms with Crippen LogP contribution in [0.15, 0.2) is 103 Å².